The van der Waals surface area contributed by atoms with E-state index in [2.05, 4.69) is 47.6 Å². The molecule has 0 radical (unpaired) electrons. The van der Waals surface area contributed by atoms with Crippen molar-refractivity contribution < 1.29 is 5.11 Å². The standard InChI is InChI=1S/C29H50O/c1-7-21(19(2)3)9-8-20(4)25-12-13-26-24-11-10-22-18-23(30)14-16-28(22,5)27(24)15-17-29(25,26)6/h7,19-20,22-27,30H,8-18H2,1-6H3. The maximum atomic E-state index is 10.3. The molecule has 9 atom stereocenters. The molecule has 0 bridgehead atoms. The molecule has 0 aliphatic heterocycles. The maximum Gasteiger partial charge on any atom is 0.0543 e. The van der Waals surface area contributed by atoms with Crippen LogP contribution in [-0.4, -0.2) is 11.2 Å². The van der Waals surface area contributed by atoms with Crippen LogP contribution < -0.4 is 0 Å². The van der Waals surface area contributed by atoms with Crippen LogP contribution in [0.15, 0.2) is 11.6 Å². The second kappa shape index (κ2) is 8.57. The van der Waals surface area contributed by atoms with E-state index < -0.39 is 0 Å². The van der Waals surface area contributed by atoms with Crippen LogP contribution in [0.2, 0.25) is 0 Å². The van der Waals surface area contributed by atoms with Gasteiger partial charge in [-0.2, -0.15) is 0 Å². The third-order valence-corrected chi connectivity index (χ3v) is 11.4. The number of rotatable bonds is 5. The number of aliphatic hydroxyl groups excluding tert-OH is 1. The van der Waals surface area contributed by atoms with E-state index in [-0.39, 0.29) is 6.10 Å². The molecule has 4 aliphatic rings. The molecule has 0 aromatic heterocycles. The van der Waals surface area contributed by atoms with Gasteiger partial charge in [0.25, 0.3) is 0 Å². The Hall–Kier alpha value is -0.300. The highest BCUT2D eigenvalue weighted by atomic mass is 16.3. The van der Waals surface area contributed by atoms with Crippen molar-refractivity contribution in [2.45, 2.75) is 118 Å². The molecule has 0 heterocycles. The van der Waals surface area contributed by atoms with Crippen molar-refractivity contribution in [3.8, 4) is 0 Å². The first-order valence-corrected chi connectivity index (χ1v) is 13.5. The average Bonchev–Trinajstić information content (AvgIpc) is 3.06. The Kier molecular flexibility index (Phi) is 6.53. The zero-order chi connectivity index (χ0) is 21.7. The molecule has 4 rings (SSSR count). The van der Waals surface area contributed by atoms with Crippen molar-refractivity contribution in [2.24, 2.45) is 52.3 Å². The molecule has 172 valence electrons. The molecule has 9 unspecified atom stereocenters. The van der Waals surface area contributed by atoms with E-state index in [0.717, 1.165) is 48.3 Å². The minimum Gasteiger partial charge on any atom is -0.393 e. The molecule has 1 N–H and O–H groups in total. The molecule has 1 nitrogen and oxygen atoms in total. The SMILES string of the molecule is CC=C(CCC(C)C1CCC2C3CCC4CC(O)CCC4(C)C3CCC12C)C(C)C. The lowest BCUT2D eigenvalue weighted by Gasteiger charge is -2.61. The maximum absolute atomic E-state index is 10.3. The molecule has 0 aromatic carbocycles. The summed E-state index contributed by atoms with van der Waals surface area (Å²) >= 11 is 0. The van der Waals surface area contributed by atoms with Gasteiger partial charge in [-0.05, 0) is 130 Å². The molecule has 1 heteroatoms. The summed E-state index contributed by atoms with van der Waals surface area (Å²) in [6.07, 6.45) is 17.2. The largest absolute Gasteiger partial charge is 0.393 e. The van der Waals surface area contributed by atoms with Crippen molar-refractivity contribution in [1.82, 2.24) is 0 Å². The van der Waals surface area contributed by atoms with Crippen LogP contribution in [0.5, 0.6) is 0 Å². The molecular weight excluding hydrogens is 364 g/mol. The Morgan fingerprint density at radius 3 is 2.33 bits per heavy atom. The molecular formula is C29H50O. The smallest absolute Gasteiger partial charge is 0.0543 e. The topological polar surface area (TPSA) is 20.2 Å². The quantitative estimate of drug-likeness (QED) is 0.451. The first-order valence-electron chi connectivity index (χ1n) is 13.5. The highest BCUT2D eigenvalue weighted by Gasteiger charge is 2.60. The fourth-order valence-corrected chi connectivity index (χ4v) is 9.57. The number of hydrogen-bond acceptors (Lipinski definition) is 1. The number of fused-ring (bicyclic) bond motifs is 5. The number of hydrogen-bond donors (Lipinski definition) is 1. The second-order valence-corrected chi connectivity index (χ2v) is 12.8. The highest BCUT2D eigenvalue weighted by molar-refractivity contribution is 5.10. The van der Waals surface area contributed by atoms with Crippen LogP contribution in [-0.2, 0) is 0 Å². The van der Waals surface area contributed by atoms with Crippen molar-refractivity contribution in [3.63, 3.8) is 0 Å². The fraction of sp³-hybridized carbons (Fsp3) is 0.931. The Balaban J connectivity index is 1.46. The summed E-state index contributed by atoms with van der Waals surface area (Å²) in [6.45, 7) is 14.9. The lowest BCUT2D eigenvalue weighted by atomic mass is 9.44. The van der Waals surface area contributed by atoms with Crippen molar-refractivity contribution in [3.05, 3.63) is 11.6 Å². The van der Waals surface area contributed by atoms with Crippen LogP contribution in [0.25, 0.3) is 0 Å². The molecule has 30 heavy (non-hydrogen) atoms. The monoisotopic (exact) mass is 414 g/mol. The van der Waals surface area contributed by atoms with Gasteiger partial charge in [0.1, 0.15) is 0 Å². The molecule has 4 aliphatic carbocycles. The van der Waals surface area contributed by atoms with Gasteiger partial charge >= 0.3 is 0 Å². The molecule has 0 amide bonds. The summed E-state index contributed by atoms with van der Waals surface area (Å²) in [6, 6.07) is 0. The van der Waals surface area contributed by atoms with E-state index in [4.69, 9.17) is 0 Å². The number of allylic oxidation sites excluding steroid dienone is 2. The summed E-state index contributed by atoms with van der Waals surface area (Å²) in [7, 11) is 0. The van der Waals surface area contributed by atoms with Crippen LogP contribution >= 0.6 is 0 Å². The van der Waals surface area contributed by atoms with Gasteiger partial charge in [0.05, 0.1) is 6.10 Å². The van der Waals surface area contributed by atoms with Gasteiger partial charge in [0.15, 0.2) is 0 Å². The predicted molar refractivity (Wildman–Crippen MR) is 128 cm³/mol. The molecule has 0 saturated heterocycles. The summed E-state index contributed by atoms with van der Waals surface area (Å²) in [5.74, 6) is 6.17. The Morgan fingerprint density at radius 2 is 1.63 bits per heavy atom. The molecule has 4 fully saturated rings. The molecule has 4 saturated carbocycles. The van der Waals surface area contributed by atoms with E-state index in [1.807, 2.05) is 0 Å². The van der Waals surface area contributed by atoms with E-state index in [9.17, 15) is 5.11 Å². The Morgan fingerprint density at radius 1 is 0.933 bits per heavy atom. The van der Waals surface area contributed by atoms with Gasteiger partial charge in [-0.25, -0.2) is 0 Å². The Bertz CT molecular complexity index is 634. The predicted octanol–water partition coefficient (Wildman–Crippen LogP) is 8.02. The minimum absolute atomic E-state index is 0.0157. The van der Waals surface area contributed by atoms with E-state index in [1.165, 1.54) is 57.8 Å². The first-order chi connectivity index (χ1) is 14.2. The van der Waals surface area contributed by atoms with E-state index in [1.54, 1.807) is 5.57 Å². The van der Waals surface area contributed by atoms with Crippen molar-refractivity contribution in [2.75, 3.05) is 0 Å². The Labute approximate surface area is 187 Å². The van der Waals surface area contributed by atoms with Crippen molar-refractivity contribution in [1.29, 1.82) is 0 Å². The summed E-state index contributed by atoms with van der Waals surface area (Å²) in [5.41, 5.74) is 2.77. The average molecular weight is 415 g/mol. The minimum atomic E-state index is -0.0157. The molecule has 0 spiro atoms. The van der Waals surface area contributed by atoms with Crippen LogP contribution in [0.4, 0.5) is 0 Å². The van der Waals surface area contributed by atoms with Gasteiger partial charge in [-0.15, -0.1) is 0 Å². The lowest BCUT2D eigenvalue weighted by molar-refractivity contribution is -0.129. The molecule has 0 aromatic rings. The zero-order valence-electron chi connectivity index (χ0n) is 20.9. The summed E-state index contributed by atoms with van der Waals surface area (Å²) in [5, 5.41) is 10.3. The first kappa shape index (κ1) is 22.9. The number of aliphatic hydroxyl groups is 1. The van der Waals surface area contributed by atoms with Crippen molar-refractivity contribution >= 4 is 0 Å². The normalized spacial score (nSPS) is 47.5. The third-order valence-electron chi connectivity index (χ3n) is 11.4. The lowest BCUT2D eigenvalue weighted by Crippen LogP contribution is -2.54. The summed E-state index contributed by atoms with van der Waals surface area (Å²) < 4.78 is 0. The second-order valence-electron chi connectivity index (χ2n) is 12.8. The zero-order valence-corrected chi connectivity index (χ0v) is 20.9. The van der Waals surface area contributed by atoms with Gasteiger partial charge in [0, 0.05) is 0 Å². The van der Waals surface area contributed by atoms with Gasteiger partial charge in [-0.1, -0.05) is 46.3 Å². The van der Waals surface area contributed by atoms with Crippen LogP contribution in [0, 0.1) is 52.3 Å². The fourth-order valence-electron chi connectivity index (χ4n) is 9.57. The third kappa shape index (κ3) is 3.74. The highest BCUT2D eigenvalue weighted by Crippen LogP contribution is 2.68. The van der Waals surface area contributed by atoms with E-state index in [0.29, 0.717) is 16.7 Å². The van der Waals surface area contributed by atoms with Crippen LogP contribution in [0.1, 0.15) is 112 Å². The van der Waals surface area contributed by atoms with Gasteiger partial charge in [0.2, 0.25) is 0 Å². The van der Waals surface area contributed by atoms with Gasteiger partial charge < -0.3 is 5.11 Å². The van der Waals surface area contributed by atoms with Gasteiger partial charge in [-0.3, -0.25) is 0 Å². The summed E-state index contributed by atoms with van der Waals surface area (Å²) in [4.78, 5) is 0. The van der Waals surface area contributed by atoms with Crippen LogP contribution in [0.3, 0.4) is 0 Å². The van der Waals surface area contributed by atoms with E-state index >= 15 is 0 Å².